The molecule has 132 valence electrons. The molecule has 0 aromatic rings. The van der Waals surface area contributed by atoms with E-state index in [0.29, 0.717) is 13.1 Å². The van der Waals surface area contributed by atoms with Gasteiger partial charge in [-0.25, -0.2) is 0 Å². The molecule has 2 aliphatic heterocycles. The molecule has 0 aromatic carbocycles. The van der Waals surface area contributed by atoms with Gasteiger partial charge in [0.2, 0.25) is 11.8 Å². The van der Waals surface area contributed by atoms with E-state index in [1.807, 2.05) is 30.6 Å². The molecule has 2 fully saturated rings. The van der Waals surface area contributed by atoms with E-state index in [4.69, 9.17) is 0 Å². The Hall–Kier alpha value is -1.10. The Morgan fingerprint density at radius 3 is 2.39 bits per heavy atom. The molecule has 1 N–H and O–H groups in total. The van der Waals surface area contributed by atoms with Gasteiger partial charge in [0.25, 0.3) is 0 Å². The Morgan fingerprint density at radius 2 is 1.74 bits per heavy atom. The van der Waals surface area contributed by atoms with Crippen molar-refractivity contribution < 1.29 is 14.7 Å². The fourth-order valence-corrected chi connectivity index (χ4v) is 3.73. The van der Waals surface area contributed by atoms with Crippen LogP contribution in [0.5, 0.6) is 0 Å². The van der Waals surface area contributed by atoms with Crippen molar-refractivity contribution in [3.63, 3.8) is 0 Å². The Kier molecular flexibility index (Phi) is 6.45. The first-order valence-electron chi connectivity index (χ1n) is 9.19. The van der Waals surface area contributed by atoms with Gasteiger partial charge in [0.15, 0.2) is 0 Å². The Labute approximate surface area is 140 Å². The summed E-state index contributed by atoms with van der Waals surface area (Å²) in [7, 11) is 0. The number of likely N-dealkylation sites (tertiary alicyclic amines) is 2. The van der Waals surface area contributed by atoms with Crippen LogP contribution in [0.3, 0.4) is 0 Å². The number of amides is 2. The van der Waals surface area contributed by atoms with E-state index in [-0.39, 0.29) is 35.7 Å². The molecular formula is C18H32N2O3. The molecule has 0 saturated carbocycles. The van der Waals surface area contributed by atoms with Crippen molar-refractivity contribution in [3.8, 4) is 0 Å². The second kappa shape index (κ2) is 8.13. The Balaban J connectivity index is 1.95. The van der Waals surface area contributed by atoms with Crippen LogP contribution < -0.4 is 0 Å². The second-order valence-corrected chi connectivity index (χ2v) is 7.36. The number of hydrogen-bond acceptors (Lipinski definition) is 3. The van der Waals surface area contributed by atoms with Crippen molar-refractivity contribution in [2.75, 3.05) is 26.2 Å². The van der Waals surface area contributed by atoms with Gasteiger partial charge in [0.05, 0.1) is 12.0 Å². The van der Waals surface area contributed by atoms with E-state index in [1.54, 1.807) is 0 Å². The van der Waals surface area contributed by atoms with E-state index >= 15 is 0 Å². The van der Waals surface area contributed by atoms with E-state index in [0.717, 1.165) is 45.2 Å². The largest absolute Gasteiger partial charge is 0.393 e. The molecule has 0 spiro atoms. The number of nitrogens with zero attached hydrogens (tertiary/aromatic N) is 2. The summed E-state index contributed by atoms with van der Waals surface area (Å²) in [5.74, 6) is 0.527. The standard InChI is InChI=1S/C18H32N2O3/c1-4-13(2)17(22)19-9-6-8-16(12-19)18(23)20-10-5-7-15(11-20)14(3)21/h13-16,21H,4-12H2,1-3H3. The molecule has 5 nitrogen and oxygen atoms in total. The highest BCUT2D eigenvalue weighted by atomic mass is 16.3. The number of carbonyl (C=O) groups is 2. The lowest BCUT2D eigenvalue weighted by atomic mass is 9.90. The van der Waals surface area contributed by atoms with Gasteiger partial charge in [0.1, 0.15) is 0 Å². The highest BCUT2D eigenvalue weighted by Gasteiger charge is 2.34. The fraction of sp³-hybridized carbons (Fsp3) is 0.889. The van der Waals surface area contributed by atoms with Crippen LogP contribution in [0.15, 0.2) is 0 Å². The molecular weight excluding hydrogens is 292 g/mol. The SMILES string of the molecule is CCC(C)C(=O)N1CCCC(C(=O)N2CCCC(C(C)O)C2)C1. The Bertz CT molecular complexity index is 424. The van der Waals surface area contributed by atoms with Gasteiger partial charge >= 0.3 is 0 Å². The molecule has 0 aromatic heterocycles. The average Bonchev–Trinajstić information content (AvgIpc) is 2.59. The quantitative estimate of drug-likeness (QED) is 0.859. The normalized spacial score (nSPS) is 28.3. The van der Waals surface area contributed by atoms with Crippen LogP contribution in [0.25, 0.3) is 0 Å². The van der Waals surface area contributed by atoms with Crippen molar-refractivity contribution in [1.29, 1.82) is 0 Å². The summed E-state index contributed by atoms with van der Waals surface area (Å²) in [6, 6.07) is 0. The minimum Gasteiger partial charge on any atom is -0.393 e. The van der Waals surface area contributed by atoms with Gasteiger partial charge in [-0.15, -0.1) is 0 Å². The summed E-state index contributed by atoms with van der Waals surface area (Å²) in [4.78, 5) is 29.0. The number of aliphatic hydroxyl groups is 1. The topological polar surface area (TPSA) is 60.9 Å². The van der Waals surface area contributed by atoms with E-state index in [9.17, 15) is 14.7 Å². The van der Waals surface area contributed by atoms with E-state index in [1.165, 1.54) is 0 Å². The molecule has 2 aliphatic rings. The van der Waals surface area contributed by atoms with Crippen molar-refractivity contribution in [1.82, 2.24) is 9.80 Å². The smallest absolute Gasteiger partial charge is 0.227 e. The van der Waals surface area contributed by atoms with Crippen LogP contribution in [0.4, 0.5) is 0 Å². The number of rotatable bonds is 4. The van der Waals surface area contributed by atoms with Crippen molar-refractivity contribution in [3.05, 3.63) is 0 Å². The zero-order valence-electron chi connectivity index (χ0n) is 14.8. The molecule has 0 radical (unpaired) electrons. The first-order chi connectivity index (χ1) is 10.9. The maximum absolute atomic E-state index is 12.8. The first-order valence-corrected chi connectivity index (χ1v) is 9.19. The van der Waals surface area contributed by atoms with Crippen LogP contribution in [0, 0.1) is 17.8 Å². The minimum absolute atomic E-state index is 0.0402. The van der Waals surface area contributed by atoms with Crippen LogP contribution >= 0.6 is 0 Å². The third-order valence-corrected chi connectivity index (χ3v) is 5.57. The molecule has 2 saturated heterocycles. The maximum atomic E-state index is 12.8. The zero-order valence-corrected chi connectivity index (χ0v) is 14.8. The third-order valence-electron chi connectivity index (χ3n) is 5.57. The van der Waals surface area contributed by atoms with Crippen LogP contribution in [-0.2, 0) is 9.59 Å². The van der Waals surface area contributed by atoms with Crippen molar-refractivity contribution in [2.45, 2.75) is 59.0 Å². The third kappa shape index (κ3) is 4.46. The maximum Gasteiger partial charge on any atom is 0.227 e. The van der Waals surface area contributed by atoms with Crippen molar-refractivity contribution >= 4 is 11.8 Å². The van der Waals surface area contributed by atoms with Gasteiger partial charge < -0.3 is 14.9 Å². The summed E-state index contributed by atoms with van der Waals surface area (Å²) >= 11 is 0. The van der Waals surface area contributed by atoms with Crippen LogP contribution in [-0.4, -0.2) is 59.0 Å². The van der Waals surface area contributed by atoms with Crippen LogP contribution in [0.2, 0.25) is 0 Å². The number of hydrogen-bond donors (Lipinski definition) is 1. The monoisotopic (exact) mass is 324 g/mol. The number of piperidine rings is 2. The molecule has 2 rings (SSSR count). The summed E-state index contributed by atoms with van der Waals surface area (Å²) in [5.41, 5.74) is 0. The summed E-state index contributed by atoms with van der Waals surface area (Å²) < 4.78 is 0. The average molecular weight is 324 g/mol. The highest BCUT2D eigenvalue weighted by Crippen LogP contribution is 2.25. The first kappa shape index (κ1) is 18.2. The van der Waals surface area contributed by atoms with Gasteiger partial charge in [0, 0.05) is 38.0 Å². The predicted octanol–water partition coefficient (Wildman–Crippen LogP) is 1.89. The summed E-state index contributed by atoms with van der Waals surface area (Å²) in [5, 5.41) is 9.80. The van der Waals surface area contributed by atoms with E-state index in [2.05, 4.69) is 0 Å². The van der Waals surface area contributed by atoms with Gasteiger partial charge in [-0.05, 0) is 39.0 Å². The molecule has 4 atom stereocenters. The molecule has 2 amide bonds. The highest BCUT2D eigenvalue weighted by molar-refractivity contribution is 5.82. The van der Waals surface area contributed by atoms with Gasteiger partial charge in [-0.1, -0.05) is 13.8 Å². The van der Waals surface area contributed by atoms with E-state index < -0.39 is 0 Å². The lowest BCUT2D eigenvalue weighted by molar-refractivity contribution is -0.144. The summed E-state index contributed by atoms with van der Waals surface area (Å²) in [6.07, 6.45) is 4.22. The second-order valence-electron chi connectivity index (χ2n) is 7.36. The Morgan fingerprint density at radius 1 is 1.09 bits per heavy atom. The number of carbonyl (C=O) groups excluding carboxylic acids is 2. The number of aliphatic hydroxyl groups excluding tert-OH is 1. The van der Waals surface area contributed by atoms with Gasteiger partial charge in [-0.3, -0.25) is 9.59 Å². The predicted molar refractivity (Wildman–Crippen MR) is 89.7 cm³/mol. The van der Waals surface area contributed by atoms with Crippen LogP contribution in [0.1, 0.15) is 52.9 Å². The molecule has 2 heterocycles. The van der Waals surface area contributed by atoms with Gasteiger partial charge in [-0.2, -0.15) is 0 Å². The van der Waals surface area contributed by atoms with Crippen molar-refractivity contribution in [2.24, 2.45) is 17.8 Å². The molecule has 23 heavy (non-hydrogen) atoms. The lowest BCUT2D eigenvalue weighted by Gasteiger charge is -2.39. The summed E-state index contributed by atoms with van der Waals surface area (Å²) in [6.45, 7) is 8.60. The minimum atomic E-state index is -0.361. The zero-order chi connectivity index (χ0) is 17.0. The molecule has 0 bridgehead atoms. The lowest BCUT2D eigenvalue weighted by Crippen LogP contribution is -2.50. The fourth-order valence-electron chi connectivity index (χ4n) is 3.73. The molecule has 0 aliphatic carbocycles. The molecule has 5 heteroatoms. The molecule has 4 unspecified atom stereocenters.